The van der Waals surface area contributed by atoms with Crippen molar-refractivity contribution >= 4 is 22.3 Å². The average Bonchev–Trinajstić information content (AvgIpc) is 3.39. The summed E-state index contributed by atoms with van der Waals surface area (Å²) in [7, 11) is 1.54. The molecule has 5 aromatic rings. The first kappa shape index (κ1) is 30.0. The number of hydrogen-bond donors (Lipinski definition) is 3. The zero-order chi connectivity index (χ0) is 32.3. The second-order valence-corrected chi connectivity index (χ2v) is 13.0. The third kappa shape index (κ3) is 5.19. The van der Waals surface area contributed by atoms with Crippen LogP contribution < -0.4 is 21.8 Å². The molecular formula is C33H35FN8O4. The molecule has 0 bridgehead atoms. The fourth-order valence-corrected chi connectivity index (χ4v) is 6.12. The number of aliphatic hydroxyl groups excluding tert-OH is 1. The second-order valence-electron chi connectivity index (χ2n) is 13.0. The van der Waals surface area contributed by atoms with Crippen LogP contribution in [0, 0.1) is 11.7 Å². The third-order valence-electron chi connectivity index (χ3n) is 8.87. The predicted octanol–water partition coefficient (Wildman–Crippen LogP) is 3.13. The Labute approximate surface area is 263 Å². The standard InChI is InChI=1S/C33H35FN8O4/c1-33(2,3)20-8-18-13-36-42(32(45)30(18)24(34)9-20)28-7-5-6-22(23(28)14-43)26-12-27(31(44)40(4)38-26)37-29-11-21-10-25(19-15-46-16-19)35-17-41(21)39-29/h5-9,11-13,19,25,35,43H,10,14-17H2,1-4H3,(H,37,39). The van der Waals surface area contributed by atoms with E-state index >= 15 is 4.39 Å². The zero-order valence-electron chi connectivity index (χ0n) is 26.0. The van der Waals surface area contributed by atoms with E-state index in [1.54, 1.807) is 30.3 Å². The van der Waals surface area contributed by atoms with E-state index in [0.29, 0.717) is 46.7 Å². The first-order valence-electron chi connectivity index (χ1n) is 15.2. The maximum atomic E-state index is 15.4. The summed E-state index contributed by atoms with van der Waals surface area (Å²) < 4.78 is 24.9. The van der Waals surface area contributed by atoms with Crippen LogP contribution >= 0.6 is 0 Å². The lowest BCUT2D eigenvalue weighted by atomic mass is 9.86. The molecule has 12 nitrogen and oxygen atoms in total. The first-order valence-corrected chi connectivity index (χ1v) is 15.2. The van der Waals surface area contributed by atoms with Crippen molar-refractivity contribution < 1.29 is 14.2 Å². The van der Waals surface area contributed by atoms with Crippen molar-refractivity contribution in [1.82, 2.24) is 34.7 Å². The molecule has 46 heavy (non-hydrogen) atoms. The lowest BCUT2D eigenvalue weighted by Crippen LogP contribution is -2.50. The second kappa shape index (κ2) is 11.3. The summed E-state index contributed by atoms with van der Waals surface area (Å²) >= 11 is 0. The Morgan fingerprint density at radius 2 is 1.91 bits per heavy atom. The molecule has 0 saturated carbocycles. The van der Waals surface area contributed by atoms with Crippen molar-refractivity contribution in [1.29, 1.82) is 0 Å². The van der Waals surface area contributed by atoms with Crippen molar-refractivity contribution in [2.24, 2.45) is 13.0 Å². The number of aryl methyl sites for hydroxylation is 1. The smallest absolute Gasteiger partial charge is 0.290 e. The number of ether oxygens (including phenoxy) is 1. The molecule has 13 heteroatoms. The van der Waals surface area contributed by atoms with Crippen LogP contribution in [0.25, 0.3) is 27.7 Å². The monoisotopic (exact) mass is 626 g/mol. The molecule has 3 N–H and O–H groups in total. The minimum atomic E-state index is -0.650. The van der Waals surface area contributed by atoms with Gasteiger partial charge in [-0.3, -0.25) is 19.6 Å². The molecule has 5 heterocycles. The summed E-state index contributed by atoms with van der Waals surface area (Å²) in [4.78, 5) is 26.8. The van der Waals surface area contributed by atoms with Crippen molar-refractivity contribution in [3.05, 3.63) is 92.0 Å². The van der Waals surface area contributed by atoms with Crippen molar-refractivity contribution in [3.8, 4) is 16.9 Å². The van der Waals surface area contributed by atoms with Crippen molar-refractivity contribution in [2.45, 2.75) is 51.9 Å². The summed E-state index contributed by atoms with van der Waals surface area (Å²) in [5.41, 5.74) is 2.19. The lowest BCUT2D eigenvalue weighted by Gasteiger charge is -2.36. The summed E-state index contributed by atoms with van der Waals surface area (Å²) in [6.45, 7) is 7.51. The summed E-state index contributed by atoms with van der Waals surface area (Å²) in [5, 5.41) is 31.0. The maximum Gasteiger partial charge on any atom is 0.290 e. The van der Waals surface area contributed by atoms with E-state index in [-0.39, 0.29) is 27.7 Å². The Kier molecular flexibility index (Phi) is 7.34. The fraction of sp³-hybridized carbons (Fsp3) is 0.364. The molecule has 238 valence electrons. The Hall–Kier alpha value is -4.72. The highest BCUT2D eigenvalue weighted by molar-refractivity contribution is 5.83. The molecule has 2 aliphatic rings. The van der Waals surface area contributed by atoms with Gasteiger partial charge in [-0.2, -0.15) is 20.0 Å². The van der Waals surface area contributed by atoms with E-state index in [2.05, 4.69) is 25.9 Å². The molecule has 1 fully saturated rings. The first-order chi connectivity index (χ1) is 22.0. The molecule has 1 atom stereocenters. The molecule has 0 amide bonds. The molecular weight excluding hydrogens is 591 g/mol. The van der Waals surface area contributed by atoms with Gasteiger partial charge in [0.15, 0.2) is 5.82 Å². The maximum absolute atomic E-state index is 15.4. The van der Waals surface area contributed by atoms with E-state index in [9.17, 15) is 14.7 Å². The van der Waals surface area contributed by atoms with Crippen LogP contribution in [0.1, 0.15) is 37.6 Å². The van der Waals surface area contributed by atoms with Gasteiger partial charge >= 0.3 is 0 Å². The topological polar surface area (TPSA) is 141 Å². The highest BCUT2D eigenvalue weighted by atomic mass is 19.1. The van der Waals surface area contributed by atoms with E-state index in [0.717, 1.165) is 35.6 Å². The van der Waals surface area contributed by atoms with E-state index < -0.39 is 18.0 Å². The zero-order valence-corrected chi connectivity index (χ0v) is 26.0. The Balaban J connectivity index is 1.25. The van der Waals surface area contributed by atoms with Crippen LogP contribution in [0.5, 0.6) is 0 Å². The van der Waals surface area contributed by atoms with Gasteiger partial charge in [0, 0.05) is 53.7 Å². The minimum Gasteiger partial charge on any atom is -0.392 e. The predicted molar refractivity (Wildman–Crippen MR) is 171 cm³/mol. The Bertz CT molecular complexity index is 2110. The van der Waals surface area contributed by atoms with E-state index in [1.165, 1.54) is 24.0 Å². The molecule has 7 rings (SSSR count). The number of aromatic nitrogens is 6. The Morgan fingerprint density at radius 1 is 1.11 bits per heavy atom. The number of benzene rings is 2. The number of anilines is 2. The molecule has 3 aromatic heterocycles. The van der Waals surface area contributed by atoms with Gasteiger partial charge in [-0.1, -0.05) is 32.9 Å². The minimum absolute atomic E-state index is 0.0886. The number of halogens is 1. The van der Waals surface area contributed by atoms with Crippen LogP contribution in [-0.4, -0.2) is 53.7 Å². The SMILES string of the molecule is Cn1nc(-c2cccc(-n3ncc4cc(C(C)(C)C)cc(F)c4c3=O)c2CO)cc(Nc2cc3n(n2)CNC(C2COC2)C3)c1=O. The molecule has 0 spiro atoms. The van der Waals surface area contributed by atoms with E-state index in [1.807, 2.05) is 31.5 Å². The quantitative estimate of drug-likeness (QED) is 0.259. The summed E-state index contributed by atoms with van der Waals surface area (Å²) in [6.07, 6.45) is 2.26. The molecule has 0 aliphatic carbocycles. The number of fused-ring (bicyclic) bond motifs is 2. The van der Waals surface area contributed by atoms with Crippen molar-refractivity contribution in [3.63, 3.8) is 0 Å². The van der Waals surface area contributed by atoms with Gasteiger partial charge in [-0.15, -0.1) is 0 Å². The molecule has 2 aliphatic heterocycles. The molecule has 1 unspecified atom stereocenters. The van der Waals surface area contributed by atoms with Crippen LogP contribution in [0.15, 0.2) is 58.3 Å². The number of nitrogens with one attached hydrogen (secondary N) is 2. The summed E-state index contributed by atoms with van der Waals surface area (Å²) in [5.74, 6) is 0.369. The largest absolute Gasteiger partial charge is 0.392 e. The average molecular weight is 627 g/mol. The molecule has 0 radical (unpaired) electrons. The molecule has 1 saturated heterocycles. The van der Waals surface area contributed by atoms with Crippen LogP contribution in [0.2, 0.25) is 0 Å². The normalized spacial score (nSPS) is 16.8. The molecule has 2 aromatic carbocycles. The van der Waals surface area contributed by atoms with Crippen LogP contribution in [0.3, 0.4) is 0 Å². The third-order valence-corrected chi connectivity index (χ3v) is 8.87. The van der Waals surface area contributed by atoms with Gasteiger partial charge in [-0.05, 0) is 35.2 Å². The van der Waals surface area contributed by atoms with Crippen LogP contribution in [0.4, 0.5) is 15.9 Å². The van der Waals surface area contributed by atoms with Gasteiger partial charge in [0.25, 0.3) is 11.1 Å². The highest BCUT2D eigenvalue weighted by Crippen LogP contribution is 2.30. The van der Waals surface area contributed by atoms with Gasteiger partial charge in [0.2, 0.25) is 0 Å². The fourth-order valence-electron chi connectivity index (χ4n) is 6.12. The lowest BCUT2D eigenvalue weighted by molar-refractivity contribution is -0.0530. The number of aliphatic hydroxyl groups is 1. The van der Waals surface area contributed by atoms with Gasteiger partial charge in [-0.25, -0.2) is 9.07 Å². The van der Waals surface area contributed by atoms with Crippen molar-refractivity contribution in [2.75, 3.05) is 18.5 Å². The van der Waals surface area contributed by atoms with E-state index in [4.69, 9.17) is 4.74 Å². The summed E-state index contributed by atoms with van der Waals surface area (Å²) in [6, 6.07) is 12.1. The number of hydrogen-bond acceptors (Lipinski definition) is 9. The highest BCUT2D eigenvalue weighted by Gasteiger charge is 2.32. The number of nitrogens with zero attached hydrogens (tertiary/aromatic N) is 6. The number of rotatable bonds is 6. The Morgan fingerprint density at radius 3 is 2.63 bits per heavy atom. The van der Waals surface area contributed by atoms with Gasteiger partial charge < -0.3 is 15.2 Å². The van der Waals surface area contributed by atoms with Crippen LogP contribution in [-0.2, 0) is 36.9 Å². The van der Waals surface area contributed by atoms with Gasteiger partial charge in [0.1, 0.15) is 11.5 Å². The van der Waals surface area contributed by atoms with Gasteiger partial charge in [0.05, 0.1) is 49.5 Å².